The molecule has 116 valence electrons. The summed E-state index contributed by atoms with van der Waals surface area (Å²) in [5, 5.41) is 9.12. The molecule has 2 atom stereocenters. The van der Waals surface area contributed by atoms with Crippen molar-refractivity contribution in [1.82, 2.24) is 4.72 Å². The molecular formula is C13H15F2NO4S. The van der Waals surface area contributed by atoms with Crippen LogP contribution < -0.4 is 4.72 Å². The molecule has 1 fully saturated rings. The zero-order chi connectivity index (χ0) is 15.7. The lowest BCUT2D eigenvalue weighted by atomic mass is 9.82. The number of benzene rings is 1. The fourth-order valence-corrected chi connectivity index (χ4v) is 3.80. The number of alkyl halides is 2. The predicted octanol–water partition coefficient (Wildman–Crippen LogP) is 1.78. The summed E-state index contributed by atoms with van der Waals surface area (Å²) in [5.41, 5.74) is 0.244. The number of nitrogens with one attached hydrogen (secondary N) is 1. The standard InChI is InChI=1S/C13H15F2NO4S/c14-13(15)7-6-10(13)8-21(19,20)16-11(12(17)18)9-4-2-1-3-5-9/h1-5,10-11,16H,6-8H2,(H,17,18). The van der Waals surface area contributed by atoms with Crippen LogP contribution in [0.1, 0.15) is 24.4 Å². The monoisotopic (exact) mass is 319 g/mol. The lowest BCUT2D eigenvalue weighted by Crippen LogP contribution is -2.46. The van der Waals surface area contributed by atoms with Crippen LogP contribution in [0.4, 0.5) is 8.78 Å². The van der Waals surface area contributed by atoms with Gasteiger partial charge in [-0.3, -0.25) is 4.79 Å². The third-order valence-corrected chi connectivity index (χ3v) is 4.96. The van der Waals surface area contributed by atoms with Crippen LogP contribution in [0.25, 0.3) is 0 Å². The number of carbonyl (C=O) groups is 1. The van der Waals surface area contributed by atoms with E-state index in [1.165, 1.54) is 12.1 Å². The Balaban J connectivity index is 2.11. The highest BCUT2D eigenvalue weighted by Gasteiger charge is 2.50. The molecule has 8 heteroatoms. The van der Waals surface area contributed by atoms with E-state index >= 15 is 0 Å². The van der Waals surface area contributed by atoms with Gasteiger partial charge >= 0.3 is 5.97 Å². The molecule has 1 aliphatic carbocycles. The van der Waals surface area contributed by atoms with E-state index in [0.29, 0.717) is 0 Å². The minimum atomic E-state index is -4.12. The molecule has 1 saturated carbocycles. The fraction of sp³-hybridized carbons (Fsp3) is 0.462. The van der Waals surface area contributed by atoms with E-state index in [1.807, 2.05) is 4.72 Å². The average molecular weight is 319 g/mol. The summed E-state index contributed by atoms with van der Waals surface area (Å²) in [7, 11) is -4.12. The van der Waals surface area contributed by atoms with Gasteiger partial charge in [-0.25, -0.2) is 17.2 Å². The third-order valence-electron chi connectivity index (χ3n) is 3.52. The Kier molecular flexibility index (Phi) is 4.29. The molecule has 2 unspecified atom stereocenters. The zero-order valence-electron chi connectivity index (χ0n) is 11.0. The summed E-state index contributed by atoms with van der Waals surface area (Å²) < 4.78 is 52.1. The Bertz CT molecular complexity index is 618. The quantitative estimate of drug-likeness (QED) is 0.837. The van der Waals surface area contributed by atoms with Crippen molar-refractivity contribution in [2.75, 3.05) is 5.75 Å². The van der Waals surface area contributed by atoms with Gasteiger partial charge in [-0.15, -0.1) is 0 Å². The minimum Gasteiger partial charge on any atom is -0.480 e. The SMILES string of the molecule is O=C(O)C(NS(=O)(=O)CC1CCC1(F)F)c1ccccc1. The van der Waals surface area contributed by atoms with Gasteiger partial charge in [0, 0.05) is 12.3 Å². The third kappa shape index (κ3) is 3.76. The number of sulfonamides is 1. The van der Waals surface area contributed by atoms with Crippen LogP contribution in [-0.2, 0) is 14.8 Å². The van der Waals surface area contributed by atoms with Crippen LogP contribution in [0.5, 0.6) is 0 Å². The smallest absolute Gasteiger partial charge is 0.326 e. The van der Waals surface area contributed by atoms with Crippen molar-refractivity contribution in [3.63, 3.8) is 0 Å². The second-order valence-corrected chi connectivity index (χ2v) is 6.88. The van der Waals surface area contributed by atoms with Gasteiger partial charge in [-0.2, -0.15) is 4.72 Å². The van der Waals surface area contributed by atoms with Crippen molar-refractivity contribution in [3.8, 4) is 0 Å². The highest BCUT2D eigenvalue weighted by atomic mass is 32.2. The first kappa shape index (κ1) is 15.8. The molecule has 0 aliphatic heterocycles. The van der Waals surface area contributed by atoms with E-state index in [2.05, 4.69) is 0 Å². The number of carboxylic acid groups (broad SMARTS) is 1. The van der Waals surface area contributed by atoms with Gasteiger partial charge in [-0.05, 0) is 12.0 Å². The van der Waals surface area contributed by atoms with E-state index < -0.39 is 39.6 Å². The lowest BCUT2D eigenvalue weighted by molar-refractivity contribution is -0.139. The molecule has 2 rings (SSSR count). The largest absolute Gasteiger partial charge is 0.480 e. The van der Waals surface area contributed by atoms with Gasteiger partial charge in [0.1, 0.15) is 6.04 Å². The van der Waals surface area contributed by atoms with Crippen molar-refractivity contribution in [1.29, 1.82) is 0 Å². The van der Waals surface area contributed by atoms with Crippen molar-refractivity contribution in [2.45, 2.75) is 24.8 Å². The van der Waals surface area contributed by atoms with Gasteiger partial charge < -0.3 is 5.11 Å². The number of carboxylic acids is 1. The summed E-state index contributed by atoms with van der Waals surface area (Å²) >= 11 is 0. The Labute approximate surface area is 121 Å². The fourth-order valence-electron chi connectivity index (χ4n) is 2.17. The zero-order valence-corrected chi connectivity index (χ0v) is 11.8. The first-order valence-electron chi connectivity index (χ1n) is 6.37. The van der Waals surface area contributed by atoms with E-state index in [4.69, 9.17) is 5.11 Å². The molecule has 5 nitrogen and oxygen atoms in total. The highest BCUT2D eigenvalue weighted by Crippen LogP contribution is 2.43. The summed E-state index contributed by atoms with van der Waals surface area (Å²) in [6, 6.07) is 6.23. The van der Waals surface area contributed by atoms with Crippen LogP contribution in [0, 0.1) is 5.92 Å². The van der Waals surface area contributed by atoms with Crippen molar-refractivity contribution in [3.05, 3.63) is 35.9 Å². The normalized spacial score (nSPS) is 22.3. The highest BCUT2D eigenvalue weighted by molar-refractivity contribution is 7.89. The van der Waals surface area contributed by atoms with Crippen LogP contribution >= 0.6 is 0 Å². The molecular weight excluding hydrogens is 304 g/mol. The van der Waals surface area contributed by atoms with E-state index in [1.54, 1.807) is 18.2 Å². The molecule has 0 spiro atoms. The molecule has 1 aromatic carbocycles. The van der Waals surface area contributed by atoms with Gasteiger partial charge in [0.05, 0.1) is 5.75 Å². The maximum atomic E-state index is 13.1. The summed E-state index contributed by atoms with van der Waals surface area (Å²) in [6.45, 7) is 0. The molecule has 0 heterocycles. The maximum Gasteiger partial charge on any atom is 0.326 e. The number of hydrogen-bond donors (Lipinski definition) is 2. The van der Waals surface area contributed by atoms with Gasteiger partial charge in [-0.1, -0.05) is 30.3 Å². The molecule has 0 radical (unpaired) electrons. The first-order valence-corrected chi connectivity index (χ1v) is 8.02. The molecule has 1 aliphatic rings. The Morgan fingerprint density at radius 1 is 1.38 bits per heavy atom. The summed E-state index contributed by atoms with van der Waals surface area (Å²) in [4.78, 5) is 11.2. The van der Waals surface area contributed by atoms with Crippen LogP contribution in [-0.4, -0.2) is 31.2 Å². The van der Waals surface area contributed by atoms with E-state index in [9.17, 15) is 22.0 Å². The Hall–Kier alpha value is -1.54. The number of aliphatic carboxylic acids is 1. The number of hydrogen-bond acceptors (Lipinski definition) is 3. The van der Waals surface area contributed by atoms with E-state index in [-0.39, 0.29) is 18.4 Å². The molecule has 1 aromatic rings. The minimum absolute atomic E-state index is 0.122. The molecule has 0 amide bonds. The second-order valence-electron chi connectivity index (χ2n) is 5.08. The first-order chi connectivity index (χ1) is 9.71. The second kappa shape index (κ2) is 5.69. The Morgan fingerprint density at radius 2 is 2.00 bits per heavy atom. The molecule has 0 saturated heterocycles. The molecule has 0 bridgehead atoms. The van der Waals surface area contributed by atoms with Crippen LogP contribution in [0.3, 0.4) is 0 Å². The van der Waals surface area contributed by atoms with Crippen LogP contribution in [0.2, 0.25) is 0 Å². The number of halogens is 2. The topological polar surface area (TPSA) is 83.5 Å². The van der Waals surface area contributed by atoms with Gasteiger partial charge in [0.2, 0.25) is 10.0 Å². The summed E-state index contributed by atoms with van der Waals surface area (Å²) in [5.74, 6) is -6.39. The van der Waals surface area contributed by atoms with E-state index in [0.717, 1.165) is 0 Å². The molecule has 0 aromatic heterocycles. The van der Waals surface area contributed by atoms with Crippen molar-refractivity contribution in [2.24, 2.45) is 5.92 Å². The van der Waals surface area contributed by atoms with Gasteiger partial charge in [0.25, 0.3) is 5.92 Å². The summed E-state index contributed by atoms with van der Waals surface area (Å²) in [6.07, 6.45) is -0.203. The van der Waals surface area contributed by atoms with Crippen molar-refractivity contribution < 1.29 is 27.1 Å². The average Bonchev–Trinajstić information content (AvgIpc) is 2.42. The molecule has 21 heavy (non-hydrogen) atoms. The van der Waals surface area contributed by atoms with Crippen LogP contribution in [0.15, 0.2) is 30.3 Å². The molecule has 2 N–H and O–H groups in total. The lowest BCUT2D eigenvalue weighted by Gasteiger charge is -2.36. The Morgan fingerprint density at radius 3 is 2.43 bits per heavy atom. The predicted molar refractivity (Wildman–Crippen MR) is 71.4 cm³/mol. The maximum absolute atomic E-state index is 13.1. The van der Waals surface area contributed by atoms with Crippen molar-refractivity contribution >= 4 is 16.0 Å². The van der Waals surface area contributed by atoms with Gasteiger partial charge in [0.15, 0.2) is 0 Å². The number of rotatable bonds is 6.